The number of carbonyl (C=O) groups is 2. The lowest BCUT2D eigenvalue weighted by molar-refractivity contribution is -0.385. The topological polar surface area (TPSA) is 149 Å². The Hall–Kier alpha value is -4.49. The van der Waals surface area contributed by atoms with Crippen molar-refractivity contribution in [3.05, 3.63) is 69.6 Å². The second kappa shape index (κ2) is 10.6. The number of hydrogen-bond acceptors (Lipinski definition) is 8. The summed E-state index contributed by atoms with van der Waals surface area (Å²) < 4.78 is 48.1. The third kappa shape index (κ3) is 6.52. The molecular weight excluding hydrogens is 475 g/mol. The molecule has 2 N–H and O–H groups in total. The quantitative estimate of drug-likeness (QED) is 0.263. The van der Waals surface area contributed by atoms with E-state index >= 15 is 0 Å². The largest absolute Gasteiger partial charge is 0.484 e. The van der Waals surface area contributed by atoms with Crippen LogP contribution in [0.3, 0.4) is 0 Å². The van der Waals surface area contributed by atoms with Crippen molar-refractivity contribution in [2.45, 2.75) is 13.1 Å². The number of nitrogens with one attached hydrogen (secondary N) is 2. The third-order valence-electron chi connectivity index (χ3n) is 4.63. The fourth-order valence-corrected chi connectivity index (χ4v) is 2.90. The van der Waals surface area contributed by atoms with Gasteiger partial charge in [-0.15, -0.1) is 0 Å². The number of halogens is 3. The van der Waals surface area contributed by atoms with Gasteiger partial charge in [0.15, 0.2) is 6.61 Å². The number of benzene rings is 2. The predicted molar refractivity (Wildman–Crippen MR) is 113 cm³/mol. The summed E-state index contributed by atoms with van der Waals surface area (Å²) in [6.07, 6.45) is -4.53. The summed E-state index contributed by atoms with van der Waals surface area (Å²) in [7, 11) is 0. The van der Waals surface area contributed by atoms with Gasteiger partial charge in [0.1, 0.15) is 5.75 Å². The highest BCUT2D eigenvalue weighted by molar-refractivity contribution is 5.90. The number of amides is 2. The predicted octanol–water partition coefficient (Wildman–Crippen LogP) is 2.90. The van der Waals surface area contributed by atoms with Gasteiger partial charge in [-0.05, 0) is 25.1 Å². The van der Waals surface area contributed by atoms with E-state index in [2.05, 4.69) is 20.8 Å². The summed E-state index contributed by atoms with van der Waals surface area (Å²) in [4.78, 5) is 38.5. The van der Waals surface area contributed by atoms with Crippen LogP contribution in [0, 0.1) is 17.0 Å². The van der Waals surface area contributed by atoms with Crippen LogP contribution < -0.4 is 15.4 Å². The molecule has 35 heavy (non-hydrogen) atoms. The molecule has 0 unspecified atom stereocenters. The molecule has 0 bridgehead atoms. The van der Waals surface area contributed by atoms with Gasteiger partial charge in [0, 0.05) is 30.3 Å². The van der Waals surface area contributed by atoms with Crippen molar-refractivity contribution in [2.24, 2.45) is 0 Å². The van der Waals surface area contributed by atoms with Crippen LogP contribution in [0.25, 0.3) is 11.4 Å². The Morgan fingerprint density at radius 2 is 1.86 bits per heavy atom. The van der Waals surface area contributed by atoms with Crippen LogP contribution in [0.2, 0.25) is 0 Å². The van der Waals surface area contributed by atoms with E-state index < -0.39 is 35.1 Å². The molecule has 0 aliphatic heterocycles. The van der Waals surface area contributed by atoms with Crippen molar-refractivity contribution >= 4 is 17.5 Å². The van der Waals surface area contributed by atoms with Crippen molar-refractivity contribution in [3.8, 4) is 17.1 Å². The fraction of sp³-hybridized carbons (Fsp3) is 0.238. The molecule has 2 aromatic carbocycles. The first-order valence-electron chi connectivity index (χ1n) is 9.99. The lowest BCUT2D eigenvalue weighted by Gasteiger charge is -2.10. The van der Waals surface area contributed by atoms with Gasteiger partial charge in [-0.2, -0.15) is 18.2 Å². The number of aromatic nitrogens is 2. The molecule has 0 aliphatic carbocycles. The van der Waals surface area contributed by atoms with E-state index in [1.807, 2.05) is 0 Å². The third-order valence-corrected chi connectivity index (χ3v) is 4.63. The van der Waals surface area contributed by atoms with Crippen molar-refractivity contribution in [3.63, 3.8) is 0 Å². The summed E-state index contributed by atoms with van der Waals surface area (Å²) >= 11 is 0. The first kappa shape index (κ1) is 25.1. The molecule has 0 aliphatic rings. The SMILES string of the molecule is Cc1c(-c2noc(C(=O)NCCNC(=O)COc3cccc(C(F)(F)F)c3)n2)cccc1[N+](=O)[O-]. The Morgan fingerprint density at radius 1 is 1.14 bits per heavy atom. The monoisotopic (exact) mass is 493 g/mol. The Bertz CT molecular complexity index is 1240. The minimum absolute atomic E-state index is 0.00334. The zero-order valence-corrected chi connectivity index (χ0v) is 18.1. The number of nitro benzene ring substituents is 1. The van der Waals surface area contributed by atoms with Gasteiger partial charge in [0.05, 0.1) is 10.5 Å². The van der Waals surface area contributed by atoms with Gasteiger partial charge in [-0.1, -0.05) is 23.4 Å². The lowest BCUT2D eigenvalue weighted by Crippen LogP contribution is -2.36. The molecule has 0 saturated carbocycles. The fourth-order valence-electron chi connectivity index (χ4n) is 2.90. The highest BCUT2D eigenvalue weighted by Crippen LogP contribution is 2.31. The van der Waals surface area contributed by atoms with Crippen LogP contribution in [-0.4, -0.2) is 46.6 Å². The zero-order valence-electron chi connectivity index (χ0n) is 18.1. The molecular formula is C21H18F3N5O6. The molecule has 2 amide bonds. The van der Waals surface area contributed by atoms with E-state index in [4.69, 9.17) is 9.26 Å². The Morgan fingerprint density at radius 3 is 2.57 bits per heavy atom. The van der Waals surface area contributed by atoms with Crippen LogP contribution in [0.15, 0.2) is 47.0 Å². The van der Waals surface area contributed by atoms with Gasteiger partial charge in [0.2, 0.25) is 5.82 Å². The van der Waals surface area contributed by atoms with Gasteiger partial charge in [-0.25, -0.2) is 0 Å². The highest BCUT2D eigenvalue weighted by atomic mass is 19.4. The van der Waals surface area contributed by atoms with Crippen LogP contribution in [-0.2, 0) is 11.0 Å². The molecule has 11 nitrogen and oxygen atoms in total. The summed E-state index contributed by atoms with van der Waals surface area (Å²) in [5, 5.41) is 19.6. The van der Waals surface area contributed by atoms with E-state index in [0.29, 0.717) is 11.1 Å². The first-order valence-corrected chi connectivity index (χ1v) is 9.99. The van der Waals surface area contributed by atoms with Crippen molar-refractivity contribution in [2.75, 3.05) is 19.7 Å². The molecule has 3 aromatic rings. The van der Waals surface area contributed by atoms with E-state index in [-0.39, 0.29) is 36.2 Å². The van der Waals surface area contributed by atoms with E-state index in [0.717, 1.165) is 18.2 Å². The smallest absolute Gasteiger partial charge is 0.416 e. The Kier molecular flexibility index (Phi) is 7.63. The van der Waals surface area contributed by atoms with Gasteiger partial charge in [-0.3, -0.25) is 19.7 Å². The molecule has 1 aromatic heterocycles. The minimum Gasteiger partial charge on any atom is -0.484 e. The minimum atomic E-state index is -4.53. The maximum Gasteiger partial charge on any atom is 0.416 e. The average Bonchev–Trinajstić information content (AvgIpc) is 3.30. The van der Waals surface area contributed by atoms with E-state index in [1.54, 1.807) is 6.07 Å². The molecule has 184 valence electrons. The second-order valence-corrected chi connectivity index (χ2v) is 7.05. The molecule has 1 heterocycles. The van der Waals surface area contributed by atoms with Crippen molar-refractivity contribution < 1.29 is 36.9 Å². The summed E-state index contributed by atoms with van der Waals surface area (Å²) in [6, 6.07) is 8.44. The number of alkyl halides is 3. The number of carbonyl (C=O) groups excluding carboxylic acids is 2. The number of hydrogen-bond donors (Lipinski definition) is 2. The van der Waals surface area contributed by atoms with Gasteiger partial charge in [0.25, 0.3) is 11.6 Å². The standard InChI is InChI=1S/C21H18F3N5O6/c1-12-15(6-3-7-16(12)29(32)33)18-27-20(35-28-18)19(31)26-9-8-25-17(30)11-34-14-5-2-4-13(10-14)21(22,23)24/h2-7,10H,8-9,11H2,1H3,(H,25,30)(H,26,31). The summed E-state index contributed by atoms with van der Waals surface area (Å²) in [6.45, 7) is 0.955. The van der Waals surface area contributed by atoms with Crippen LogP contribution >= 0.6 is 0 Å². The molecule has 0 radical (unpaired) electrons. The number of ether oxygens (including phenoxy) is 1. The average molecular weight is 493 g/mol. The number of nitro groups is 1. The van der Waals surface area contributed by atoms with Crippen LogP contribution in [0.5, 0.6) is 5.75 Å². The van der Waals surface area contributed by atoms with Gasteiger partial charge >= 0.3 is 18.0 Å². The van der Waals surface area contributed by atoms with Gasteiger partial charge < -0.3 is 19.9 Å². The number of rotatable bonds is 9. The Balaban J connectivity index is 1.45. The van der Waals surface area contributed by atoms with E-state index in [9.17, 15) is 32.9 Å². The molecule has 3 rings (SSSR count). The molecule has 14 heteroatoms. The molecule has 0 fully saturated rings. The first-order chi connectivity index (χ1) is 16.6. The number of nitrogens with zero attached hydrogens (tertiary/aromatic N) is 3. The maximum absolute atomic E-state index is 12.7. The Labute approximate surface area is 195 Å². The van der Waals surface area contributed by atoms with Crippen LogP contribution in [0.4, 0.5) is 18.9 Å². The second-order valence-electron chi connectivity index (χ2n) is 7.05. The maximum atomic E-state index is 12.7. The zero-order chi connectivity index (χ0) is 25.6. The molecule has 0 saturated heterocycles. The molecule has 0 atom stereocenters. The van der Waals surface area contributed by atoms with Crippen molar-refractivity contribution in [1.82, 2.24) is 20.8 Å². The van der Waals surface area contributed by atoms with Crippen LogP contribution in [0.1, 0.15) is 21.8 Å². The van der Waals surface area contributed by atoms with E-state index in [1.165, 1.54) is 25.1 Å². The summed E-state index contributed by atoms with van der Waals surface area (Å²) in [5.74, 6) is -1.85. The highest BCUT2D eigenvalue weighted by Gasteiger charge is 2.30. The normalized spacial score (nSPS) is 11.1. The molecule has 0 spiro atoms. The summed E-state index contributed by atoms with van der Waals surface area (Å²) in [5.41, 5.74) is -0.399. The van der Waals surface area contributed by atoms with Crippen molar-refractivity contribution in [1.29, 1.82) is 0 Å². The lowest BCUT2D eigenvalue weighted by atomic mass is 10.1.